The molecule has 0 fully saturated rings. The van der Waals surface area contributed by atoms with Crippen molar-refractivity contribution in [3.05, 3.63) is 161 Å². The predicted octanol–water partition coefficient (Wildman–Crippen LogP) is 7.18. The summed E-state index contributed by atoms with van der Waals surface area (Å²) in [6.45, 7) is 1.65. The van der Waals surface area contributed by atoms with E-state index >= 15 is 0 Å². The van der Waals surface area contributed by atoms with Crippen LogP contribution in [0.1, 0.15) is 32.6 Å². The number of ether oxygens (including phenoxy) is 4. The first-order valence-corrected chi connectivity index (χ1v) is 13.8. The monoisotopic (exact) mass is 546 g/mol. The van der Waals surface area contributed by atoms with Crippen molar-refractivity contribution in [3.8, 4) is 0 Å². The van der Waals surface area contributed by atoms with Crippen LogP contribution in [0.5, 0.6) is 0 Å². The lowest BCUT2D eigenvalue weighted by molar-refractivity contribution is -0.151. The number of aldehydes is 1. The highest BCUT2D eigenvalue weighted by molar-refractivity contribution is 5.76. The summed E-state index contributed by atoms with van der Waals surface area (Å²) >= 11 is 0. The third kappa shape index (κ3) is 8.60. The van der Waals surface area contributed by atoms with E-state index in [1.54, 1.807) is 6.07 Å². The second kappa shape index (κ2) is 14.9. The molecule has 0 aromatic heterocycles. The fourth-order valence-corrected chi connectivity index (χ4v) is 4.63. The van der Waals surface area contributed by atoms with Crippen molar-refractivity contribution in [3.63, 3.8) is 0 Å². The van der Waals surface area contributed by atoms with E-state index in [0.29, 0.717) is 37.8 Å². The molecule has 5 nitrogen and oxygen atoms in total. The lowest BCUT2D eigenvalue weighted by Gasteiger charge is -2.36. The minimum Gasteiger partial charge on any atom is -0.485 e. The van der Waals surface area contributed by atoms with E-state index in [0.717, 1.165) is 28.5 Å². The Balaban J connectivity index is 1.38. The molecule has 0 N–H and O–H groups in total. The molecule has 0 saturated carbocycles. The average molecular weight is 547 g/mol. The Kier molecular flexibility index (Phi) is 10.3. The van der Waals surface area contributed by atoms with E-state index in [4.69, 9.17) is 18.9 Å². The third-order valence-electron chi connectivity index (χ3n) is 6.76. The molecule has 0 saturated heterocycles. The molecule has 5 heteroatoms. The van der Waals surface area contributed by atoms with Crippen molar-refractivity contribution in [2.45, 2.75) is 38.1 Å². The van der Waals surface area contributed by atoms with E-state index in [-0.39, 0.29) is 6.10 Å². The first-order chi connectivity index (χ1) is 20.3. The van der Waals surface area contributed by atoms with Gasteiger partial charge in [-0.15, -0.1) is 0 Å². The summed E-state index contributed by atoms with van der Waals surface area (Å²) in [4.78, 5) is 11.2. The molecule has 0 radical (unpaired) electrons. The van der Waals surface area contributed by atoms with Gasteiger partial charge in [0.05, 0.1) is 26.4 Å². The van der Waals surface area contributed by atoms with Crippen LogP contribution in [0.25, 0.3) is 6.08 Å². The minimum atomic E-state index is -0.408. The number of hydrogen-bond donors (Lipinski definition) is 0. The fourth-order valence-electron chi connectivity index (χ4n) is 4.63. The van der Waals surface area contributed by atoms with E-state index in [2.05, 4.69) is 0 Å². The largest absolute Gasteiger partial charge is 0.485 e. The second-order valence-electron chi connectivity index (χ2n) is 9.87. The topological polar surface area (TPSA) is 54.0 Å². The van der Waals surface area contributed by atoms with Gasteiger partial charge in [-0.1, -0.05) is 115 Å². The third-order valence-corrected chi connectivity index (χ3v) is 6.76. The van der Waals surface area contributed by atoms with Crippen LogP contribution < -0.4 is 0 Å². The molecule has 208 valence electrons. The maximum Gasteiger partial charge on any atom is 0.151 e. The summed E-state index contributed by atoms with van der Waals surface area (Å²) in [5.41, 5.74) is 4.76. The van der Waals surface area contributed by atoms with Gasteiger partial charge in [-0.25, -0.2) is 0 Å². The Hall–Kier alpha value is -4.29. The predicted molar refractivity (Wildman–Crippen MR) is 160 cm³/mol. The first kappa shape index (κ1) is 28.2. The molecule has 41 heavy (non-hydrogen) atoms. The van der Waals surface area contributed by atoms with Crippen LogP contribution in [0.3, 0.4) is 0 Å². The normalized spacial score (nSPS) is 18.5. The molecule has 0 aliphatic carbocycles. The zero-order chi connectivity index (χ0) is 28.1. The van der Waals surface area contributed by atoms with Gasteiger partial charge in [0, 0.05) is 5.56 Å². The van der Waals surface area contributed by atoms with Gasteiger partial charge in [0.25, 0.3) is 0 Å². The van der Waals surface area contributed by atoms with Crippen LogP contribution in [-0.2, 0) is 38.8 Å². The van der Waals surface area contributed by atoms with E-state index in [1.807, 2.05) is 127 Å². The molecule has 1 aliphatic rings. The van der Waals surface area contributed by atoms with Crippen LogP contribution in [0.4, 0.5) is 0 Å². The van der Waals surface area contributed by atoms with Gasteiger partial charge >= 0.3 is 0 Å². The lowest BCUT2D eigenvalue weighted by Crippen LogP contribution is -2.47. The molecule has 4 aromatic rings. The molecule has 0 bridgehead atoms. The molecule has 1 heterocycles. The standard InChI is InChI=1S/C36H34O5/c37-23-32-18-10-17-28(21-32)19-20-33-22-34(39-25-30-13-6-2-7-14-30)36(40-26-31-15-8-3-9-16-31)35(41-33)27-38-24-29-11-4-1-5-12-29/h1-23,34-36H,24-27H2/b20-19+/t34-,35-,36+/m1/s1. The molecular weight excluding hydrogens is 512 g/mol. The molecule has 5 rings (SSSR count). The van der Waals surface area contributed by atoms with Crippen LogP contribution in [-0.4, -0.2) is 31.2 Å². The number of carbonyl (C=O) groups excluding carboxylic acids is 1. The summed E-state index contributed by atoms with van der Waals surface area (Å²) in [6.07, 6.45) is 5.46. The number of carbonyl (C=O) groups is 1. The Morgan fingerprint density at radius 3 is 1.85 bits per heavy atom. The SMILES string of the molecule is O=Cc1cccc(/C=C/C2=C[C@@H](OCc3ccccc3)[C@H](OCc3ccccc3)[C@@H](COCc3ccccc3)O2)c1. The van der Waals surface area contributed by atoms with Crippen molar-refractivity contribution in [2.24, 2.45) is 0 Å². The molecule has 0 unspecified atom stereocenters. The molecule has 0 spiro atoms. The van der Waals surface area contributed by atoms with Gasteiger partial charge in [0.1, 0.15) is 24.3 Å². The lowest BCUT2D eigenvalue weighted by atomic mass is 10.0. The van der Waals surface area contributed by atoms with Gasteiger partial charge in [-0.3, -0.25) is 4.79 Å². The molecule has 3 atom stereocenters. The van der Waals surface area contributed by atoms with Gasteiger partial charge in [-0.05, 0) is 40.5 Å². The number of benzene rings is 4. The zero-order valence-corrected chi connectivity index (χ0v) is 22.9. The molecule has 4 aromatic carbocycles. The van der Waals surface area contributed by atoms with E-state index < -0.39 is 12.2 Å². The van der Waals surface area contributed by atoms with E-state index in [1.165, 1.54) is 0 Å². The van der Waals surface area contributed by atoms with Crippen LogP contribution in [0.2, 0.25) is 0 Å². The number of rotatable bonds is 13. The highest BCUT2D eigenvalue weighted by Gasteiger charge is 2.36. The van der Waals surface area contributed by atoms with Crippen molar-refractivity contribution in [1.29, 1.82) is 0 Å². The Labute approximate surface area is 241 Å². The van der Waals surface area contributed by atoms with Gasteiger partial charge in [0.2, 0.25) is 0 Å². The van der Waals surface area contributed by atoms with Gasteiger partial charge in [0.15, 0.2) is 6.10 Å². The van der Waals surface area contributed by atoms with Crippen molar-refractivity contribution >= 4 is 12.4 Å². The van der Waals surface area contributed by atoms with E-state index in [9.17, 15) is 4.79 Å². The average Bonchev–Trinajstić information content (AvgIpc) is 3.04. The first-order valence-electron chi connectivity index (χ1n) is 13.8. The van der Waals surface area contributed by atoms with Gasteiger partial charge in [-0.2, -0.15) is 0 Å². The summed E-state index contributed by atoms with van der Waals surface area (Å²) in [7, 11) is 0. The van der Waals surface area contributed by atoms with Crippen molar-refractivity contribution < 1.29 is 23.7 Å². The van der Waals surface area contributed by atoms with Crippen LogP contribution >= 0.6 is 0 Å². The molecule has 0 amide bonds. The summed E-state index contributed by atoms with van der Waals surface area (Å²) in [5.74, 6) is 0.660. The quantitative estimate of drug-likeness (QED) is 0.166. The fraction of sp³-hybridized carbons (Fsp3) is 0.194. The molecule has 1 aliphatic heterocycles. The maximum absolute atomic E-state index is 11.2. The number of allylic oxidation sites excluding steroid dienone is 1. The number of hydrogen-bond acceptors (Lipinski definition) is 5. The van der Waals surface area contributed by atoms with Crippen LogP contribution in [0.15, 0.2) is 133 Å². The van der Waals surface area contributed by atoms with Crippen molar-refractivity contribution in [1.82, 2.24) is 0 Å². The van der Waals surface area contributed by atoms with Crippen LogP contribution in [0, 0.1) is 0 Å². The highest BCUT2D eigenvalue weighted by atomic mass is 16.6. The Bertz CT molecular complexity index is 1420. The van der Waals surface area contributed by atoms with Gasteiger partial charge < -0.3 is 18.9 Å². The Morgan fingerprint density at radius 1 is 0.634 bits per heavy atom. The van der Waals surface area contributed by atoms with Crippen molar-refractivity contribution in [2.75, 3.05) is 6.61 Å². The second-order valence-corrected chi connectivity index (χ2v) is 9.87. The minimum absolute atomic E-state index is 0.325. The summed E-state index contributed by atoms with van der Waals surface area (Å²) in [6, 6.07) is 37.7. The smallest absolute Gasteiger partial charge is 0.151 e. The highest BCUT2D eigenvalue weighted by Crippen LogP contribution is 2.27. The summed E-state index contributed by atoms with van der Waals surface area (Å²) in [5, 5.41) is 0. The zero-order valence-electron chi connectivity index (χ0n) is 22.9. The summed E-state index contributed by atoms with van der Waals surface area (Å²) < 4.78 is 25.6. The Morgan fingerprint density at radius 2 is 1.22 bits per heavy atom. The maximum atomic E-state index is 11.2. The molecular formula is C36H34O5.